The van der Waals surface area contributed by atoms with Crippen molar-refractivity contribution >= 4 is 11.3 Å². The van der Waals surface area contributed by atoms with Crippen LogP contribution in [0.15, 0.2) is 5.38 Å². The van der Waals surface area contributed by atoms with Gasteiger partial charge in [0.25, 0.3) is 0 Å². The monoisotopic (exact) mass is 200 g/mol. The van der Waals surface area contributed by atoms with E-state index in [1.54, 1.807) is 18.3 Å². The van der Waals surface area contributed by atoms with E-state index >= 15 is 0 Å². The van der Waals surface area contributed by atoms with Crippen molar-refractivity contribution in [3.63, 3.8) is 0 Å². The van der Waals surface area contributed by atoms with E-state index in [9.17, 15) is 0 Å². The predicted molar refractivity (Wildman–Crippen MR) is 54.9 cm³/mol. The van der Waals surface area contributed by atoms with Gasteiger partial charge in [0.05, 0.1) is 16.8 Å². The van der Waals surface area contributed by atoms with Crippen LogP contribution in [0.2, 0.25) is 0 Å². The van der Waals surface area contributed by atoms with Crippen LogP contribution in [-0.4, -0.2) is 22.7 Å². The average Bonchev–Trinajstić information content (AvgIpc) is 2.52. The van der Waals surface area contributed by atoms with Gasteiger partial charge in [0, 0.05) is 18.5 Å². The molecule has 1 aromatic rings. The van der Waals surface area contributed by atoms with Crippen molar-refractivity contribution in [2.24, 2.45) is 0 Å². The number of hydrogen-bond donors (Lipinski definition) is 2. The number of hydrogen-bond acceptors (Lipinski definition) is 4. The summed E-state index contributed by atoms with van der Waals surface area (Å²) >= 11 is 1.69. The van der Waals surface area contributed by atoms with Crippen molar-refractivity contribution in [1.29, 1.82) is 0 Å². The number of aliphatic hydroxyl groups excluding tert-OH is 1. The van der Waals surface area contributed by atoms with Crippen molar-refractivity contribution < 1.29 is 5.11 Å². The van der Waals surface area contributed by atoms with Gasteiger partial charge in [-0.1, -0.05) is 6.92 Å². The Kier molecular flexibility index (Phi) is 4.35. The number of nitrogens with zero attached hydrogens (tertiary/aromatic N) is 1. The van der Waals surface area contributed by atoms with Gasteiger partial charge in [-0.3, -0.25) is 0 Å². The van der Waals surface area contributed by atoms with E-state index in [1.165, 1.54) is 5.01 Å². The third-order valence-corrected chi connectivity index (χ3v) is 2.69. The molecule has 1 rings (SSSR count). The fourth-order valence-corrected chi connectivity index (χ4v) is 1.75. The molecule has 0 bridgehead atoms. The van der Waals surface area contributed by atoms with Crippen molar-refractivity contribution in [2.75, 3.05) is 6.54 Å². The number of aliphatic hydroxyl groups is 1. The largest absolute Gasteiger partial charge is 0.392 e. The molecule has 13 heavy (non-hydrogen) atoms. The normalized spacial score (nSPS) is 13.2. The number of rotatable bonds is 5. The van der Waals surface area contributed by atoms with Gasteiger partial charge in [-0.15, -0.1) is 11.3 Å². The Bertz CT molecular complexity index is 248. The zero-order valence-electron chi connectivity index (χ0n) is 8.08. The highest BCUT2D eigenvalue weighted by Gasteiger charge is 2.00. The lowest BCUT2D eigenvalue weighted by Gasteiger charge is -2.04. The molecule has 4 heteroatoms. The van der Waals surface area contributed by atoms with Gasteiger partial charge in [0.1, 0.15) is 0 Å². The van der Waals surface area contributed by atoms with Crippen LogP contribution in [0, 0.1) is 0 Å². The topological polar surface area (TPSA) is 45.2 Å². The first-order valence-electron chi connectivity index (χ1n) is 4.54. The molecule has 0 spiro atoms. The van der Waals surface area contributed by atoms with Gasteiger partial charge in [-0.05, 0) is 13.3 Å². The highest BCUT2D eigenvalue weighted by Crippen LogP contribution is 2.09. The number of aromatic nitrogens is 1. The van der Waals surface area contributed by atoms with Crippen LogP contribution in [-0.2, 0) is 13.0 Å². The van der Waals surface area contributed by atoms with Gasteiger partial charge < -0.3 is 10.4 Å². The smallest absolute Gasteiger partial charge is 0.0926 e. The molecule has 0 aliphatic carbocycles. The highest BCUT2D eigenvalue weighted by atomic mass is 32.1. The summed E-state index contributed by atoms with van der Waals surface area (Å²) in [5, 5.41) is 15.4. The summed E-state index contributed by atoms with van der Waals surface area (Å²) in [7, 11) is 0. The van der Waals surface area contributed by atoms with E-state index in [4.69, 9.17) is 5.11 Å². The van der Waals surface area contributed by atoms with Crippen molar-refractivity contribution in [3.8, 4) is 0 Å². The van der Waals surface area contributed by atoms with Gasteiger partial charge in [0.15, 0.2) is 0 Å². The highest BCUT2D eigenvalue weighted by molar-refractivity contribution is 7.09. The van der Waals surface area contributed by atoms with Gasteiger partial charge in [-0.25, -0.2) is 4.98 Å². The lowest BCUT2D eigenvalue weighted by atomic mass is 10.4. The maximum absolute atomic E-state index is 9.00. The number of nitrogens with one attached hydrogen (secondary N) is 1. The lowest BCUT2D eigenvalue weighted by Crippen LogP contribution is -2.23. The zero-order chi connectivity index (χ0) is 9.68. The maximum Gasteiger partial charge on any atom is 0.0926 e. The average molecular weight is 200 g/mol. The van der Waals surface area contributed by atoms with Crippen molar-refractivity contribution in [1.82, 2.24) is 10.3 Å². The van der Waals surface area contributed by atoms with Crippen LogP contribution in [0.4, 0.5) is 0 Å². The first-order chi connectivity index (χ1) is 6.22. The minimum atomic E-state index is -0.288. The van der Waals surface area contributed by atoms with Crippen LogP contribution in [0.5, 0.6) is 0 Å². The Labute approximate surface area is 82.8 Å². The molecule has 0 fully saturated rings. The summed E-state index contributed by atoms with van der Waals surface area (Å²) in [6.45, 7) is 5.25. The van der Waals surface area contributed by atoms with Crippen molar-refractivity contribution in [3.05, 3.63) is 16.1 Å². The Morgan fingerprint density at radius 1 is 1.69 bits per heavy atom. The van der Waals surface area contributed by atoms with Gasteiger partial charge in [0.2, 0.25) is 0 Å². The van der Waals surface area contributed by atoms with Crippen LogP contribution in [0.25, 0.3) is 0 Å². The maximum atomic E-state index is 9.00. The van der Waals surface area contributed by atoms with E-state index in [2.05, 4.69) is 22.6 Å². The first-order valence-corrected chi connectivity index (χ1v) is 5.42. The minimum Gasteiger partial charge on any atom is -0.392 e. The third kappa shape index (κ3) is 3.85. The zero-order valence-corrected chi connectivity index (χ0v) is 8.90. The van der Waals surface area contributed by atoms with Gasteiger partial charge in [-0.2, -0.15) is 0 Å². The number of aryl methyl sites for hydroxylation is 1. The predicted octanol–water partition coefficient (Wildman–Crippen LogP) is 1.18. The van der Waals surface area contributed by atoms with Crippen LogP contribution in [0.3, 0.4) is 0 Å². The fourth-order valence-electron chi connectivity index (χ4n) is 1.00. The molecule has 0 aliphatic rings. The van der Waals surface area contributed by atoms with Crippen LogP contribution >= 0.6 is 11.3 Å². The van der Waals surface area contributed by atoms with E-state index in [1.807, 2.05) is 0 Å². The summed E-state index contributed by atoms with van der Waals surface area (Å²) in [5.74, 6) is 0. The van der Waals surface area contributed by atoms with Gasteiger partial charge >= 0.3 is 0 Å². The van der Waals surface area contributed by atoms with E-state index in [0.29, 0.717) is 6.54 Å². The molecular formula is C9H16N2OS. The molecule has 0 saturated carbocycles. The van der Waals surface area contributed by atoms with E-state index in [-0.39, 0.29) is 6.10 Å². The molecule has 0 amide bonds. The quantitative estimate of drug-likeness (QED) is 0.750. The molecule has 74 valence electrons. The van der Waals surface area contributed by atoms with E-state index < -0.39 is 0 Å². The summed E-state index contributed by atoms with van der Waals surface area (Å²) < 4.78 is 0. The Morgan fingerprint density at radius 3 is 3.00 bits per heavy atom. The second kappa shape index (κ2) is 5.32. The molecular weight excluding hydrogens is 184 g/mol. The molecule has 2 N–H and O–H groups in total. The summed E-state index contributed by atoms with van der Waals surface area (Å²) in [5.41, 5.74) is 1.07. The van der Waals surface area contributed by atoms with Crippen LogP contribution in [0.1, 0.15) is 24.5 Å². The molecule has 0 aromatic carbocycles. The molecule has 3 nitrogen and oxygen atoms in total. The Morgan fingerprint density at radius 2 is 2.46 bits per heavy atom. The molecule has 0 radical (unpaired) electrons. The summed E-state index contributed by atoms with van der Waals surface area (Å²) in [6.07, 6.45) is 0.713. The molecule has 0 saturated heterocycles. The SMILES string of the molecule is CCc1nc(CNC[C@@H](C)O)cs1. The lowest BCUT2D eigenvalue weighted by molar-refractivity contribution is 0.191. The fraction of sp³-hybridized carbons (Fsp3) is 0.667. The Hall–Kier alpha value is -0.450. The standard InChI is InChI=1S/C9H16N2OS/c1-3-9-11-8(6-13-9)5-10-4-7(2)12/h6-7,10,12H,3-5H2,1-2H3/t7-/m1/s1. The first kappa shape index (κ1) is 10.6. The third-order valence-electron chi connectivity index (χ3n) is 1.65. The minimum absolute atomic E-state index is 0.288. The second-order valence-electron chi connectivity index (χ2n) is 3.07. The molecule has 1 heterocycles. The second-order valence-corrected chi connectivity index (χ2v) is 4.01. The number of thiazole rings is 1. The van der Waals surface area contributed by atoms with Crippen LogP contribution < -0.4 is 5.32 Å². The van der Waals surface area contributed by atoms with E-state index in [0.717, 1.165) is 18.7 Å². The Balaban J connectivity index is 2.28. The molecule has 1 atom stereocenters. The summed E-state index contributed by atoms with van der Waals surface area (Å²) in [6, 6.07) is 0. The molecule has 1 aromatic heterocycles. The van der Waals surface area contributed by atoms with Crippen molar-refractivity contribution in [2.45, 2.75) is 32.9 Å². The molecule has 0 unspecified atom stereocenters. The summed E-state index contributed by atoms with van der Waals surface area (Å²) in [4.78, 5) is 4.40. The molecule has 0 aliphatic heterocycles.